The minimum absolute atomic E-state index is 0. The molecule has 7 nitrogen and oxygen atoms in total. The molecular formula is C24H30IN7. The molecule has 0 aliphatic heterocycles. The molecule has 0 unspecified atom stereocenters. The van der Waals surface area contributed by atoms with E-state index in [-0.39, 0.29) is 24.0 Å². The van der Waals surface area contributed by atoms with Crippen LogP contribution in [-0.4, -0.2) is 38.2 Å². The molecule has 4 aromatic rings. The number of aliphatic imine (C=N–C) groups is 1. The quantitative estimate of drug-likeness (QED) is 0.202. The second-order valence-corrected chi connectivity index (χ2v) is 7.50. The van der Waals surface area contributed by atoms with Gasteiger partial charge in [-0.15, -0.1) is 24.0 Å². The Morgan fingerprint density at radius 1 is 1.03 bits per heavy atom. The van der Waals surface area contributed by atoms with Crippen molar-refractivity contribution in [1.82, 2.24) is 29.8 Å². The maximum Gasteiger partial charge on any atom is 0.191 e. The number of nitrogens with zero attached hydrogens (tertiary/aromatic N) is 5. The van der Waals surface area contributed by atoms with Gasteiger partial charge in [-0.2, -0.15) is 5.10 Å². The average molecular weight is 543 g/mol. The van der Waals surface area contributed by atoms with Crippen LogP contribution in [0.5, 0.6) is 0 Å². The highest BCUT2D eigenvalue weighted by Crippen LogP contribution is 2.12. The molecule has 0 amide bonds. The van der Waals surface area contributed by atoms with E-state index in [4.69, 9.17) is 9.98 Å². The standard InChI is InChI=1S/C24H29N7.HI/c1-3-25-24(26-13-11-22-18-30-14-6-8-19(2)23(30)29-22)27-16-20-9-4-5-10-21(20)17-31-15-7-12-28-31;/h4-10,12,14-15,18H,3,11,13,16-17H2,1-2H3,(H2,25,26,27);1H. The van der Waals surface area contributed by atoms with E-state index in [1.54, 1.807) is 6.20 Å². The van der Waals surface area contributed by atoms with Crippen LogP contribution in [-0.2, 0) is 19.5 Å². The molecule has 0 radical (unpaired) electrons. The first-order valence-electron chi connectivity index (χ1n) is 10.7. The lowest BCUT2D eigenvalue weighted by Gasteiger charge is -2.12. The Morgan fingerprint density at radius 3 is 2.62 bits per heavy atom. The number of aromatic nitrogens is 4. The number of hydrogen-bond donors (Lipinski definition) is 2. The summed E-state index contributed by atoms with van der Waals surface area (Å²) in [6, 6.07) is 14.5. The van der Waals surface area contributed by atoms with Crippen molar-refractivity contribution in [2.75, 3.05) is 13.1 Å². The lowest BCUT2D eigenvalue weighted by atomic mass is 10.1. The Morgan fingerprint density at radius 2 is 1.88 bits per heavy atom. The van der Waals surface area contributed by atoms with Gasteiger partial charge in [0, 0.05) is 44.3 Å². The van der Waals surface area contributed by atoms with Crippen molar-refractivity contribution in [2.24, 2.45) is 4.99 Å². The van der Waals surface area contributed by atoms with Crippen LogP contribution < -0.4 is 10.6 Å². The summed E-state index contributed by atoms with van der Waals surface area (Å²) in [5.41, 5.74) is 5.70. The van der Waals surface area contributed by atoms with Gasteiger partial charge in [-0.1, -0.05) is 30.3 Å². The number of imidazole rings is 1. The summed E-state index contributed by atoms with van der Waals surface area (Å²) in [6.45, 7) is 7.10. The summed E-state index contributed by atoms with van der Waals surface area (Å²) in [7, 11) is 0. The number of benzene rings is 1. The molecule has 4 rings (SSSR count). The van der Waals surface area contributed by atoms with Gasteiger partial charge >= 0.3 is 0 Å². The summed E-state index contributed by atoms with van der Waals surface area (Å²) in [5.74, 6) is 0.816. The molecule has 0 bridgehead atoms. The molecule has 0 aliphatic rings. The second kappa shape index (κ2) is 11.7. The van der Waals surface area contributed by atoms with Crippen LogP contribution in [0, 0.1) is 6.92 Å². The first kappa shape index (κ1) is 23.8. The lowest BCUT2D eigenvalue weighted by molar-refractivity contribution is 0.680. The minimum atomic E-state index is 0. The van der Waals surface area contributed by atoms with Gasteiger partial charge in [0.2, 0.25) is 0 Å². The highest BCUT2D eigenvalue weighted by Gasteiger charge is 2.06. The highest BCUT2D eigenvalue weighted by atomic mass is 127. The number of fused-ring (bicyclic) bond motifs is 1. The third kappa shape index (κ3) is 6.09. The van der Waals surface area contributed by atoms with Crippen LogP contribution in [0.15, 0.2) is 72.2 Å². The van der Waals surface area contributed by atoms with Crippen LogP contribution in [0.4, 0.5) is 0 Å². The Balaban J connectivity index is 0.00000289. The smallest absolute Gasteiger partial charge is 0.191 e. The predicted molar refractivity (Wildman–Crippen MR) is 140 cm³/mol. The van der Waals surface area contributed by atoms with Crippen molar-refractivity contribution in [2.45, 2.75) is 33.4 Å². The van der Waals surface area contributed by atoms with Gasteiger partial charge in [-0.3, -0.25) is 4.68 Å². The fraction of sp³-hybridized carbons (Fsp3) is 0.292. The van der Waals surface area contributed by atoms with Gasteiger partial charge < -0.3 is 15.0 Å². The number of halogens is 1. The number of rotatable bonds is 8. The van der Waals surface area contributed by atoms with Gasteiger partial charge in [0.25, 0.3) is 0 Å². The van der Waals surface area contributed by atoms with Crippen molar-refractivity contribution in [3.63, 3.8) is 0 Å². The van der Waals surface area contributed by atoms with E-state index in [0.29, 0.717) is 6.54 Å². The topological polar surface area (TPSA) is 71.5 Å². The third-order valence-corrected chi connectivity index (χ3v) is 5.16. The molecule has 0 aliphatic carbocycles. The molecule has 3 heterocycles. The Bertz CT molecular complexity index is 1150. The van der Waals surface area contributed by atoms with Gasteiger partial charge in [0.1, 0.15) is 5.65 Å². The van der Waals surface area contributed by atoms with E-state index in [2.05, 4.69) is 70.5 Å². The SMILES string of the molecule is CCNC(=NCc1ccccc1Cn1cccn1)NCCc1cn2cccc(C)c2n1.I. The molecule has 32 heavy (non-hydrogen) atoms. The van der Waals surface area contributed by atoms with Crippen molar-refractivity contribution < 1.29 is 0 Å². The summed E-state index contributed by atoms with van der Waals surface area (Å²) >= 11 is 0. The maximum absolute atomic E-state index is 4.80. The molecule has 0 spiro atoms. The highest BCUT2D eigenvalue weighted by molar-refractivity contribution is 14.0. The number of hydrogen-bond acceptors (Lipinski definition) is 3. The number of guanidine groups is 1. The molecule has 0 fully saturated rings. The first-order chi connectivity index (χ1) is 15.2. The average Bonchev–Trinajstić information content (AvgIpc) is 3.43. The van der Waals surface area contributed by atoms with Crippen LogP contribution in [0.2, 0.25) is 0 Å². The van der Waals surface area contributed by atoms with E-state index in [1.807, 2.05) is 29.2 Å². The van der Waals surface area contributed by atoms with Crippen molar-refractivity contribution in [1.29, 1.82) is 0 Å². The van der Waals surface area contributed by atoms with Crippen LogP contribution in [0.1, 0.15) is 29.3 Å². The molecule has 168 valence electrons. The Kier molecular flexibility index (Phi) is 8.66. The van der Waals surface area contributed by atoms with Crippen molar-refractivity contribution >= 4 is 35.6 Å². The molecule has 0 saturated carbocycles. The van der Waals surface area contributed by atoms with E-state index in [9.17, 15) is 0 Å². The fourth-order valence-corrected chi connectivity index (χ4v) is 3.57. The van der Waals surface area contributed by atoms with Gasteiger partial charge in [-0.25, -0.2) is 9.98 Å². The molecule has 2 N–H and O–H groups in total. The molecular weight excluding hydrogens is 513 g/mol. The van der Waals surface area contributed by atoms with Crippen LogP contribution >= 0.6 is 24.0 Å². The maximum atomic E-state index is 4.80. The predicted octanol–water partition coefficient (Wildman–Crippen LogP) is 3.80. The van der Waals surface area contributed by atoms with Gasteiger partial charge in [0.05, 0.1) is 18.8 Å². The molecule has 8 heteroatoms. The van der Waals surface area contributed by atoms with E-state index >= 15 is 0 Å². The van der Waals surface area contributed by atoms with Crippen molar-refractivity contribution in [3.05, 3.63) is 89.6 Å². The molecule has 0 saturated heterocycles. The van der Waals surface area contributed by atoms with Crippen LogP contribution in [0.25, 0.3) is 5.65 Å². The van der Waals surface area contributed by atoms with Crippen LogP contribution in [0.3, 0.4) is 0 Å². The summed E-state index contributed by atoms with van der Waals surface area (Å²) < 4.78 is 4.02. The first-order valence-corrected chi connectivity index (χ1v) is 10.7. The normalized spacial score (nSPS) is 11.4. The minimum Gasteiger partial charge on any atom is -0.357 e. The summed E-state index contributed by atoms with van der Waals surface area (Å²) in [5, 5.41) is 11.1. The van der Waals surface area contributed by atoms with Gasteiger partial charge in [-0.05, 0) is 42.7 Å². The Hall–Kier alpha value is -2.88. The van der Waals surface area contributed by atoms with Gasteiger partial charge in [0.15, 0.2) is 5.96 Å². The zero-order valence-corrected chi connectivity index (χ0v) is 20.9. The largest absolute Gasteiger partial charge is 0.357 e. The Labute approximate surface area is 206 Å². The van der Waals surface area contributed by atoms with Crippen molar-refractivity contribution in [3.8, 4) is 0 Å². The fourth-order valence-electron chi connectivity index (χ4n) is 3.57. The molecule has 1 aromatic carbocycles. The second-order valence-electron chi connectivity index (χ2n) is 7.50. The van der Waals surface area contributed by atoms with E-state index in [1.165, 1.54) is 16.7 Å². The molecule has 3 aromatic heterocycles. The van der Waals surface area contributed by atoms with E-state index < -0.39 is 0 Å². The number of nitrogens with one attached hydrogen (secondary N) is 2. The number of aryl methyl sites for hydroxylation is 1. The lowest BCUT2D eigenvalue weighted by Crippen LogP contribution is -2.38. The summed E-state index contributed by atoms with van der Waals surface area (Å²) in [4.78, 5) is 9.55. The molecule has 0 atom stereocenters. The van der Waals surface area contributed by atoms with E-state index in [0.717, 1.165) is 43.4 Å². The monoisotopic (exact) mass is 543 g/mol. The third-order valence-electron chi connectivity index (χ3n) is 5.16. The number of pyridine rings is 1. The summed E-state index contributed by atoms with van der Waals surface area (Å²) in [6.07, 6.45) is 8.75. The zero-order chi connectivity index (χ0) is 21.5. The zero-order valence-electron chi connectivity index (χ0n) is 18.5.